The van der Waals surface area contributed by atoms with Crippen molar-refractivity contribution in [2.24, 2.45) is 0 Å². The molecule has 6 nitrogen and oxygen atoms in total. The SMILES string of the molecule is COc1cc(C2(C(=O)NCc3cccc(OCC(=O)O)c3)CCCC2)ccc1C. The van der Waals surface area contributed by atoms with Crippen LogP contribution >= 0.6 is 0 Å². The second-order valence-corrected chi connectivity index (χ2v) is 7.49. The second-order valence-electron chi connectivity index (χ2n) is 7.49. The smallest absolute Gasteiger partial charge is 0.341 e. The molecule has 0 bridgehead atoms. The molecule has 2 N–H and O–H groups in total. The van der Waals surface area contributed by atoms with Gasteiger partial charge in [-0.05, 0) is 54.7 Å². The number of carbonyl (C=O) groups excluding carboxylic acids is 1. The van der Waals surface area contributed by atoms with Crippen molar-refractivity contribution < 1.29 is 24.2 Å². The van der Waals surface area contributed by atoms with E-state index in [1.54, 1.807) is 25.3 Å². The molecule has 29 heavy (non-hydrogen) atoms. The number of nitrogens with one attached hydrogen (secondary N) is 1. The third-order valence-electron chi connectivity index (χ3n) is 5.57. The van der Waals surface area contributed by atoms with Crippen LogP contribution in [0.2, 0.25) is 0 Å². The van der Waals surface area contributed by atoms with Crippen molar-refractivity contribution in [3.63, 3.8) is 0 Å². The first kappa shape index (κ1) is 20.7. The largest absolute Gasteiger partial charge is 0.496 e. The van der Waals surface area contributed by atoms with Crippen molar-refractivity contribution in [2.45, 2.75) is 44.6 Å². The normalized spacial score (nSPS) is 15.0. The summed E-state index contributed by atoms with van der Waals surface area (Å²) in [6.45, 7) is 1.95. The summed E-state index contributed by atoms with van der Waals surface area (Å²) in [5, 5.41) is 11.8. The quantitative estimate of drug-likeness (QED) is 0.711. The summed E-state index contributed by atoms with van der Waals surface area (Å²) >= 11 is 0. The highest BCUT2D eigenvalue weighted by atomic mass is 16.5. The van der Waals surface area contributed by atoms with Crippen LogP contribution in [0.15, 0.2) is 42.5 Å². The molecule has 0 unspecified atom stereocenters. The van der Waals surface area contributed by atoms with Crippen LogP contribution in [-0.2, 0) is 21.5 Å². The molecule has 0 heterocycles. The van der Waals surface area contributed by atoms with E-state index in [9.17, 15) is 9.59 Å². The molecule has 0 atom stereocenters. The van der Waals surface area contributed by atoms with Gasteiger partial charge in [0.1, 0.15) is 11.5 Å². The third kappa shape index (κ3) is 4.70. The minimum Gasteiger partial charge on any atom is -0.496 e. The van der Waals surface area contributed by atoms with Crippen LogP contribution in [0.25, 0.3) is 0 Å². The molecule has 0 aromatic heterocycles. The van der Waals surface area contributed by atoms with Crippen molar-refractivity contribution in [2.75, 3.05) is 13.7 Å². The van der Waals surface area contributed by atoms with Crippen LogP contribution in [0.5, 0.6) is 11.5 Å². The molecule has 1 aliphatic carbocycles. The monoisotopic (exact) mass is 397 g/mol. The number of carbonyl (C=O) groups is 2. The maximum Gasteiger partial charge on any atom is 0.341 e. The minimum atomic E-state index is -1.03. The zero-order chi connectivity index (χ0) is 20.9. The van der Waals surface area contributed by atoms with Crippen molar-refractivity contribution in [3.8, 4) is 11.5 Å². The van der Waals surface area contributed by atoms with Gasteiger partial charge in [-0.1, -0.05) is 37.1 Å². The average Bonchev–Trinajstić information content (AvgIpc) is 3.22. The first-order valence-corrected chi connectivity index (χ1v) is 9.81. The van der Waals surface area contributed by atoms with E-state index in [1.165, 1.54) is 0 Å². The number of aryl methyl sites for hydroxylation is 1. The molecular formula is C23H27NO5. The second kappa shape index (κ2) is 8.99. The first-order valence-electron chi connectivity index (χ1n) is 9.81. The fourth-order valence-corrected chi connectivity index (χ4v) is 3.98. The molecule has 1 aliphatic rings. The first-order chi connectivity index (χ1) is 13.9. The van der Waals surface area contributed by atoms with E-state index < -0.39 is 18.0 Å². The van der Waals surface area contributed by atoms with Gasteiger partial charge >= 0.3 is 5.97 Å². The Bertz CT molecular complexity index is 887. The number of hydrogen-bond acceptors (Lipinski definition) is 4. The fourth-order valence-electron chi connectivity index (χ4n) is 3.98. The van der Waals surface area contributed by atoms with E-state index in [4.69, 9.17) is 14.6 Å². The van der Waals surface area contributed by atoms with Gasteiger partial charge in [0.25, 0.3) is 0 Å². The van der Waals surface area contributed by atoms with Gasteiger partial charge in [-0.2, -0.15) is 0 Å². The third-order valence-corrected chi connectivity index (χ3v) is 5.57. The molecule has 1 saturated carbocycles. The molecule has 0 saturated heterocycles. The van der Waals surface area contributed by atoms with Crippen molar-refractivity contribution in [3.05, 3.63) is 59.2 Å². The van der Waals surface area contributed by atoms with Crippen LogP contribution in [-0.4, -0.2) is 30.7 Å². The molecule has 2 aromatic rings. The molecule has 0 aliphatic heterocycles. The lowest BCUT2D eigenvalue weighted by Crippen LogP contribution is -2.42. The highest BCUT2D eigenvalue weighted by Crippen LogP contribution is 2.42. The summed E-state index contributed by atoms with van der Waals surface area (Å²) in [4.78, 5) is 23.9. The van der Waals surface area contributed by atoms with E-state index >= 15 is 0 Å². The van der Waals surface area contributed by atoms with Crippen LogP contribution in [0, 0.1) is 6.92 Å². The van der Waals surface area contributed by atoms with Gasteiger partial charge in [0.05, 0.1) is 12.5 Å². The summed E-state index contributed by atoms with van der Waals surface area (Å²) in [7, 11) is 1.65. The number of aliphatic carboxylic acids is 1. The van der Waals surface area contributed by atoms with Gasteiger partial charge in [0.15, 0.2) is 6.61 Å². The standard InChI is InChI=1S/C23H27NO5/c1-16-8-9-18(13-20(16)28-2)23(10-3-4-11-23)22(27)24-14-17-6-5-7-19(12-17)29-15-21(25)26/h5-9,12-13H,3-4,10-11,14-15H2,1-2H3,(H,24,27)(H,25,26). The van der Waals surface area contributed by atoms with E-state index in [0.717, 1.165) is 48.1 Å². The van der Waals surface area contributed by atoms with Crippen LogP contribution in [0.3, 0.4) is 0 Å². The molecule has 2 aromatic carbocycles. The number of carboxylic acid groups (broad SMARTS) is 1. The number of amides is 1. The Morgan fingerprint density at radius 3 is 2.59 bits per heavy atom. The number of hydrogen-bond donors (Lipinski definition) is 2. The van der Waals surface area contributed by atoms with Gasteiger partial charge < -0.3 is 19.9 Å². The zero-order valence-electron chi connectivity index (χ0n) is 16.9. The number of rotatable bonds is 8. The molecule has 154 valence electrons. The van der Waals surface area contributed by atoms with Gasteiger partial charge in [0, 0.05) is 6.54 Å². The van der Waals surface area contributed by atoms with Crippen molar-refractivity contribution >= 4 is 11.9 Å². The molecular weight excluding hydrogens is 370 g/mol. The van der Waals surface area contributed by atoms with Gasteiger partial charge in [0.2, 0.25) is 5.91 Å². The fraction of sp³-hybridized carbons (Fsp3) is 0.391. The Kier molecular flexibility index (Phi) is 6.42. The summed E-state index contributed by atoms with van der Waals surface area (Å²) in [6, 6.07) is 13.1. The van der Waals surface area contributed by atoms with Crippen molar-refractivity contribution in [1.82, 2.24) is 5.32 Å². The van der Waals surface area contributed by atoms with Crippen LogP contribution < -0.4 is 14.8 Å². The molecule has 6 heteroatoms. The Labute approximate surface area is 170 Å². The summed E-state index contributed by atoms with van der Waals surface area (Å²) < 4.78 is 10.7. The zero-order valence-corrected chi connectivity index (χ0v) is 16.9. The molecule has 3 rings (SSSR count). The Morgan fingerprint density at radius 1 is 1.14 bits per heavy atom. The number of ether oxygens (including phenoxy) is 2. The Hall–Kier alpha value is -3.02. The maximum absolute atomic E-state index is 13.3. The van der Waals surface area contributed by atoms with Gasteiger partial charge in [-0.3, -0.25) is 4.79 Å². The van der Waals surface area contributed by atoms with E-state index in [2.05, 4.69) is 5.32 Å². The predicted octanol–water partition coefficient (Wildman–Crippen LogP) is 3.60. The minimum absolute atomic E-state index is 0.0118. The molecule has 1 fully saturated rings. The highest BCUT2D eigenvalue weighted by molar-refractivity contribution is 5.88. The van der Waals surface area contributed by atoms with Gasteiger partial charge in [-0.25, -0.2) is 4.79 Å². The number of benzene rings is 2. The lowest BCUT2D eigenvalue weighted by atomic mass is 9.77. The Balaban J connectivity index is 1.74. The van der Waals surface area contributed by atoms with Crippen LogP contribution in [0.1, 0.15) is 42.4 Å². The molecule has 0 radical (unpaired) electrons. The van der Waals surface area contributed by atoms with Gasteiger partial charge in [-0.15, -0.1) is 0 Å². The Morgan fingerprint density at radius 2 is 1.90 bits per heavy atom. The van der Waals surface area contributed by atoms with E-state index in [-0.39, 0.29) is 5.91 Å². The number of methoxy groups -OCH3 is 1. The van der Waals surface area contributed by atoms with E-state index in [0.29, 0.717) is 12.3 Å². The maximum atomic E-state index is 13.3. The molecule has 0 spiro atoms. The van der Waals surface area contributed by atoms with Crippen molar-refractivity contribution in [1.29, 1.82) is 0 Å². The highest BCUT2D eigenvalue weighted by Gasteiger charge is 2.42. The topological polar surface area (TPSA) is 84.9 Å². The average molecular weight is 397 g/mol. The summed E-state index contributed by atoms with van der Waals surface area (Å²) in [5.41, 5.74) is 2.35. The summed E-state index contributed by atoms with van der Waals surface area (Å²) in [5.74, 6) is 0.251. The molecule has 1 amide bonds. The van der Waals surface area contributed by atoms with Crippen LogP contribution in [0.4, 0.5) is 0 Å². The number of carboxylic acids is 1. The lowest BCUT2D eigenvalue weighted by Gasteiger charge is -2.29. The van der Waals surface area contributed by atoms with E-state index in [1.807, 2.05) is 31.2 Å². The lowest BCUT2D eigenvalue weighted by molar-refractivity contribution is -0.139. The predicted molar refractivity (Wildman–Crippen MR) is 109 cm³/mol. The summed E-state index contributed by atoms with van der Waals surface area (Å²) in [6.07, 6.45) is 3.66.